The normalized spacial score (nSPS) is 16.8. The Morgan fingerprint density at radius 1 is 1.14 bits per heavy atom. The molecular weight excluding hydrogens is 266 g/mol. The van der Waals surface area contributed by atoms with Crippen LogP contribution >= 0.6 is 0 Å². The van der Waals surface area contributed by atoms with Gasteiger partial charge in [0.2, 0.25) is 5.91 Å². The van der Waals surface area contributed by atoms with Crippen molar-refractivity contribution in [2.75, 3.05) is 37.6 Å². The Kier molecular flexibility index (Phi) is 4.73. The number of hydrogen-bond donors (Lipinski definition) is 2. The predicted octanol–water partition coefficient (Wildman–Crippen LogP) is 1.43. The first kappa shape index (κ1) is 15.6. The van der Waals surface area contributed by atoms with Gasteiger partial charge in [-0.3, -0.25) is 9.69 Å². The van der Waals surface area contributed by atoms with Crippen LogP contribution in [0.3, 0.4) is 0 Å². The fourth-order valence-corrected chi connectivity index (χ4v) is 2.49. The fraction of sp³-hybridized carbons (Fsp3) is 0.562. The van der Waals surface area contributed by atoms with Crippen molar-refractivity contribution in [2.24, 2.45) is 0 Å². The number of benzene rings is 1. The summed E-state index contributed by atoms with van der Waals surface area (Å²) in [7, 11) is 0. The molecule has 116 valence electrons. The molecule has 1 aliphatic heterocycles. The van der Waals surface area contributed by atoms with Crippen LogP contribution in [0.2, 0.25) is 0 Å². The van der Waals surface area contributed by atoms with Crippen LogP contribution in [0.4, 0.5) is 5.69 Å². The molecule has 1 fully saturated rings. The van der Waals surface area contributed by atoms with E-state index in [1.54, 1.807) is 12.1 Å². The molecule has 5 heteroatoms. The molecule has 1 heterocycles. The summed E-state index contributed by atoms with van der Waals surface area (Å²) in [5.74, 6) is 0.372. The molecule has 1 aromatic carbocycles. The summed E-state index contributed by atoms with van der Waals surface area (Å²) in [5, 5.41) is 12.3. The smallest absolute Gasteiger partial charge is 0.234 e. The fourth-order valence-electron chi connectivity index (χ4n) is 2.49. The highest BCUT2D eigenvalue weighted by Crippen LogP contribution is 2.19. The van der Waals surface area contributed by atoms with Crippen molar-refractivity contribution < 1.29 is 9.90 Å². The van der Waals surface area contributed by atoms with Crippen LogP contribution in [0.5, 0.6) is 5.75 Å². The van der Waals surface area contributed by atoms with Gasteiger partial charge in [0.25, 0.3) is 0 Å². The molecule has 1 aromatic rings. The highest BCUT2D eigenvalue weighted by atomic mass is 16.3. The van der Waals surface area contributed by atoms with E-state index in [1.807, 2.05) is 32.9 Å². The molecule has 0 saturated carbocycles. The number of rotatable bonds is 3. The Morgan fingerprint density at radius 3 is 2.24 bits per heavy atom. The summed E-state index contributed by atoms with van der Waals surface area (Å²) >= 11 is 0. The van der Waals surface area contributed by atoms with E-state index < -0.39 is 0 Å². The molecule has 0 atom stereocenters. The SMILES string of the molecule is CC(C)(C)NC(=O)CN1CCN(c2ccc(O)cc2)CC1. The van der Waals surface area contributed by atoms with Crippen LogP contribution in [0.25, 0.3) is 0 Å². The van der Waals surface area contributed by atoms with E-state index in [0.29, 0.717) is 6.54 Å². The molecule has 2 rings (SSSR count). The van der Waals surface area contributed by atoms with Crippen LogP contribution in [0.1, 0.15) is 20.8 Å². The van der Waals surface area contributed by atoms with E-state index in [9.17, 15) is 9.90 Å². The Hall–Kier alpha value is -1.75. The van der Waals surface area contributed by atoms with E-state index in [1.165, 1.54) is 0 Å². The van der Waals surface area contributed by atoms with Gasteiger partial charge in [-0.15, -0.1) is 0 Å². The number of hydrogen-bond acceptors (Lipinski definition) is 4. The van der Waals surface area contributed by atoms with Gasteiger partial charge in [-0.1, -0.05) is 0 Å². The maximum absolute atomic E-state index is 11.9. The molecule has 0 bridgehead atoms. The molecule has 5 nitrogen and oxygen atoms in total. The summed E-state index contributed by atoms with van der Waals surface area (Å²) < 4.78 is 0. The Balaban J connectivity index is 1.80. The minimum absolute atomic E-state index is 0.0839. The molecule has 0 radical (unpaired) electrons. The summed E-state index contributed by atoms with van der Waals surface area (Å²) in [6, 6.07) is 7.27. The highest BCUT2D eigenvalue weighted by molar-refractivity contribution is 5.78. The second kappa shape index (κ2) is 6.35. The first-order valence-corrected chi connectivity index (χ1v) is 7.41. The zero-order valence-electron chi connectivity index (χ0n) is 13.1. The van der Waals surface area contributed by atoms with Crippen molar-refractivity contribution >= 4 is 11.6 Å². The second-order valence-electron chi connectivity index (χ2n) is 6.58. The lowest BCUT2D eigenvalue weighted by atomic mass is 10.1. The zero-order chi connectivity index (χ0) is 15.5. The lowest BCUT2D eigenvalue weighted by molar-refractivity contribution is -0.123. The van der Waals surface area contributed by atoms with Crippen LogP contribution in [0, 0.1) is 0 Å². The molecule has 0 aliphatic carbocycles. The lowest BCUT2D eigenvalue weighted by Gasteiger charge is -2.36. The maximum Gasteiger partial charge on any atom is 0.234 e. The van der Waals surface area contributed by atoms with Gasteiger partial charge in [0, 0.05) is 37.4 Å². The van der Waals surface area contributed by atoms with Gasteiger partial charge in [-0.05, 0) is 45.0 Å². The summed E-state index contributed by atoms with van der Waals surface area (Å²) in [4.78, 5) is 16.4. The van der Waals surface area contributed by atoms with Crippen molar-refractivity contribution in [3.8, 4) is 5.75 Å². The number of carbonyl (C=O) groups excluding carboxylic acids is 1. The average Bonchev–Trinajstić information content (AvgIpc) is 2.38. The zero-order valence-corrected chi connectivity index (χ0v) is 13.1. The van der Waals surface area contributed by atoms with E-state index in [-0.39, 0.29) is 17.2 Å². The first-order chi connectivity index (χ1) is 9.83. The van der Waals surface area contributed by atoms with Crippen molar-refractivity contribution in [3.05, 3.63) is 24.3 Å². The quantitative estimate of drug-likeness (QED) is 0.884. The van der Waals surface area contributed by atoms with E-state index in [2.05, 4.69) is 15.1 Å². The van der Waals surface area contributed by atoms with Gasteiger partial charge in [0.15, 0.2) is 0 Å². The standard InChI is InChI=1S/C16H25N3O2/c1-16(2,3)17-15(21)12-18-8-10-19(11-9-18)13-4-6-14(20)7-5-13/h4-7,20H,8-12H2,1-3H3,(H,17,21). The van der Waals surface area contributed by atoms with Crippen LogP contribution < -0.4 is 10.2 Å². The topological polar surface area (TPSA) is 55.8 Å². The molecule has 21 heavy (non-hydrogen) atoms. The molecule has 1 aliphatic rings. The van der Waals surface area contributed by atoms with Gasteiger partial charge in [0.1, 0.15) is 5.75 Å². The second-order valence-corrected chi connectivity index (χ2v) is 6.58. The number of amides is 1. The Labute approximate surface area is 126 Å². The van der Waals surface area contributed by atoms with Crippen LogP contribution in [-0.2, 0) is 4.79 Å². The molecule has 2 N–H and O–H groups in total. The van der Waals surface area contributed by atoms with Crippen molar-refractivity contribution in [3.63, 3.8) is 0 Å². The van der Waals surface area contributed by atoms with Crippen LogP contribution in [0.15, 0.2) is 24.3 Å². The van der Waals surface area contributed by atoms with Crippen LogP contribution in [-0.4, -0.2) is 54.2 Å². The summed E-state index contributed by atoms with van der Waals surface area (Å²) in [6.45, 7) is 9.98. The van der Waals surface area contributed by atoms with E-state index >= 15 is 0 Å². The maximum atomic E-state index is 11.9. The molecule has 1 saturated heterocycles. The van der Waals surface area contributed by atoms with Gasteiger partial charge < -0.3 is 15.3 Å². The summed E-state index contributed by atoms with van der Waals surface area (Å²) in [6.07, 6.45) is 0. The minimum Gasteiger partial charge on any atom is -0.508 e. The first-order valence-electron chi connectivity index (χ1n) is 7.41. The molecule has 1 amide bonds. The number of aromatic hydroxyl groups is 1. The van der Waals surface area contributed by atoms with Crippen molar-refractivity contribution in [2.45, 2.75) is 26.3 Å². The average molecular weight is 291 g/mol. The third-order valence-electron chi connectivity index (χ3n) is 3.47. The summed E-state index contributed by atoms with van der Waals surface area (Å²) in [5.41, 5.74) is 0.942. The number of phenolic OH excluding ortho intramolecular Hbond substituents is 1. The van der Waals surface area contributed by atoms with Crippen molar-refractivity contribution in [1.82, 2.24) is 10.2 Å². The third kappa shape index (κ3) is 4.93. The van der Waals surface area contributed by atoms with Gasteiger partial charge in [-0.25, -0.2) is 0 Å². The van der Waals surface area contributed by atoms with E-state index in [4.69, 9.17) is 0 Å². The lowest BCUT2D eigenvalue weighted by Crippen LogP contribution is -2.51. The number of carbonyl (C=O) groups is 1. The van der Waals surface area contributed by atoms with E-state index in [0.717, 1.165) is 31.9 Å². The Morgan fingerprint density at radius 2 is 1.71 bits per heavy atom. The van der Waals surface area contributed by atoms with Gasteiger partial charge >= 0.3 is 0 Å². The minimum atomic E-state index is -0.176. The number of anilines is 1. The largest absolute Gasteiger partial charge is 0.508 e. The van der Waals surface area contributed by atoms with Gasteiger partial charge in [0.05, 0.1) is 6.54 Å². The number of phenols is 1. The monoisotopic (exact) mass is 291 g/mol. The Bertz CT molecular complexity index is 471. The third-order valence-corrected chi connectivity index (χ3v) is 3.47. The van der Waals surface area contributed by atoms with Crippen molar-refractivity contribution in [1.29, 1.82) is 0 Å². The predicted molar refractivity (Wildman–Crippen MR) is 84.7 cm³/mol. The highest BCUT2D eigenvalue weighted by Gasteiger charge is 2.21. The molecular formula is C16H25N3O2. The molecule has 0 aromatic heterocycles. The number of nitrogens with zero attached hydrogens (tertiary/aromatic N) is 2. The van der Waals surface area contributed by atoms with Gasteiger partial charge in [-0.2, -0.15) is 0 Å². The number of piperazine rings is 1. The molecule has 0 spiro atoms. The number of nitrogens with one attached hydrogen (secondary N) is 1. The molecule has 0 unspecified atom stereocenters.